The number of benzene rings is 2. The van der Waals surface area contributed by atoms with E-state index in [4.69, 9.17) is 0 Å². The van der Waals surface area contributed by atoms with Crippen LogP contribution in [0.25, 0.3) is 0 Å². The minimum absolute atomic E-state index is 0.109. The van der Waals surface area contributed by atoms with Gasteiger partial charge in [0, 0.05) is 23.0 Å². The Morgan fingerprint density at radius 2 is 1.67 bits per heavy atom. The summed E-state index contributed by atoms with van der Waals surface area (Å²) in [4.78, 5) is 12.5. The third-order valence-corrected chi connectivity index (χ3v) is 3.05. The van der Waals surface area contributed by atoms with Gasteiger partial charge >= 0.3 is 0 Å². The Morgan fingerprint density at radius 1 is 1.05 bits per heavy atom. The number of aliphatic hydroxyl groups is 1. The van der Waals surface area contributed by atoms with Gasteiger partial charge in [0.15, 0.2) is 0 Å². The zero-order valence-electron chi connectivity index (χ0n) is 12.3. The largest absolute Gasteiger partial charge is 0.392 e. The molecule has 2 aromatic rings. The van der Waals surface area contributed by atoms with E-state index in [9.17, 15) is 9.90 Å². The summed E-state index contributed by atoms with van der Waals surface area (Å²) in [7, 11) is 0. The van der Waals surface area contributed by atoms with E-state index < -0.39 is 0 Å². The van der Waals surface area contributed by atoms with Gasteiger partial charge in [-0.3, -0.25) is 4.79 Å². The second-order valence-corrected chi connectivity index (χ2v) is 5.11. The van der Waals surface area contributed by atoms with Crippen molar-refractivity contribution in [3.8, 4) is 0 Å². The second-order valence-electron chi connectivity index (χ2n) is 5.11. The number of amides is 1. The normalized spacial score (nSPS) is 10.5. The van der Waals surface area contributed by atoms with E-state index in [-0.39, 0.29) is 18.6 Å². The van der Waals surface area contributed by atoms with Crippen molar-refractivity contribution in [3.63, 3.8) is 0 Å². The van der Waals surface area contributed by atoms with Crippen molar-refractivity contribution < 1.29 is 9.90 Å². The minimum atomic E-state index is -0.195. The first-order valence-electron chi connectivity index (χ1n) is 6.97. The number of hydrogen-bond donors (Lipinski definition) is 3. The molecule has 0 aliphatic heterocycles. The molecule has 0 atom stereocenters. The predicted octanol–water partition coefficient (Wildman–Crippen LogP) is 3.25. The third-order valence-electron chi connectivity index (χ3n) is 3.05. The van der Waals surface area contributed by atoms with Gasteiger partial charge in [0.05, 0.1) is 12.2 Å². The molecule has 110 valence electrons. The van der Waals surface area contributed by atoms with E-state index in [0.717, 1.165) is 5.69 Å². The summed E-state index contributed by atoms with van der Waals surface area (Å²) >= 11 is 0. The number of carbonyl (C=O) groups excluding carboxylic acids is 1. The molecule has 0 aromatic heterocycles. The molecule has 0 aliphatic rings. The Morgan fingerprint density at radius 3 is 2.33 bits per heavy atom. The number of aliphatic hydroxyl groups excluding tert-OH is 1. The van der Waals surface area contributed by atoms with Crippen LogP contribution in [-0.2, 0) is 6.61 Å². The number of carbonyl (C=O) groups is 1. The van der Waals surface area contributed by atoms with Crippen LogP contribution in [0.5, 0.6) is 0 Å². The van der Waals surface area contributed by atoms with Gasteiger partial charge in [0.2, 0.25) is 0 Å². The van der Waals surface area contributed by atoms with E-state index >= 15 is 0 Å². The summed E-state index contributed by atoms with van der Waals surface area (Å²) in [6.07, 6.45) is 0. The predicted molar refractivity (Wildman–Crippen MR) is 85.5 cm³/mol. The Labute approximate surface area is 124 Å². The van der Waals surface area contributed by atoms with Crippen molar-refractivity contribution in [1.82, 2.24) is 0 Å². The van der Waals surface area contributed by atoms with Gasteiger partial charge in [-0.15, -0.1) is 0 Å². The van der Waals surface area contributed by atoms with Crippen LogP contribution in [0.15, 0.2) is 48.5 Å². The quantitative estimate of drug-likeness (QED) is 0.790. The molecule has 3 N–H and O–H groups in total. The number of anilines is 2. The summed E-state index contributed by atoms with van der Waals surface area (Å²) in [5, 5.41) is 15.4. The van der Waals surface area contributed by atoms with Crippen molar-refractivity contribution in [1.29, 1.82) is 0 Å². The minimum Gasteiger partial charge on any atom is -0.392 e. The van der Waals surface area contributed by atoms with E-state index in [1.807, 2.05) is 44.2 Å². The van der Waals surface area contributed by atoms with E-state index in [2.05, 4.69) is 10.6 Å². The van der Waals surface area contributed by atoms with Crippen LogP contribution >= 0.6 is 0 Å². The zero-order valence-corrected chi connectivity index (χ0v) is 12.3. The lowest BCUT2D eigenvalue weighted by Crippen LogP contribution is -2.18. The van der Waals surface area contributed by atoms with E-state index in [1.54, 1.807) is 18.2 Å². The molecule has 21 heavy (non-hydrogen) atoms. The third kappa shape index (κ3) is 3.83. The number of para-hydroxylation sites is 2. The van der Waals surface area contributed by atoms with Crippen molar-refractivity contribution in [2.75, 3.05) is 10.6 Å². The highest BCUT2D eigenvalue weighted by molar-refractivity contribution is 6.08. The fourth-order valence-electron chi connectivity index (χ4n) is 2.09. The molecule has 4 heteroatoms. The Bertz CT molecular complexity index is 624. The van der Waals surface area contributed by atoms with Gasteiger partial charge in [0.1, 0.15) is 0 Å². The average Bonchev–Trinajstić information content (AvgIpc) is 2.47. The lowest BCUT2D eigenvalue weighted by atomic mass is 10.1. The summed E-state index contributed by atoms with van der Waals surface area (Å²) in [5.74, 6) is -0.195. The molecule has 0 bridgehead atoms. The maximum atomic E-state index is 12.5. The smallest absolute Gasteiger partial charge is 0.257 e. The molecular formula is C17H20N2O2. The monoisotopic (exact) mass is 284 g/mol. The molecule has 2 rings (SSSR count). The molecule has 0 unspecified atom stereocenters. The van der Waals surface area contributed by atoms with Crippen molar-refractivity contribution >= 4 is 17.3 Å². The lowest BCUT2D eigenvalue weighted by molar-refractivity contribution is 0.102. The Kier molecular flexibility index (Phi) is 4.95. The molecule has 0 fully saturated rings. The first kappa shape index (κ1) is 15.1. The summed E-state index contributed by atoms with van der Waals surface area (Å²) in [6, 6.07) is 14.8. The summed E-state index contributed by atoms with van der Waals surface area (Å²) < 4.78 is 0. The van der Waals surface area contributed by atoms with Crippen LogP contribution in [-0.4, -0.2) is 17.1 Å². The molecule has 0 saturated carbocycles. The molecule has 4 nitrogen and oxygen atoms in total. The molecule has 0 heterocycles. The standard InChI is InChI=1S/C17H20N2O2/c1-12(2)18-16-10-6-4-8-14(16)17(21)19-15-9-5-3-7-13(15)11-20/h3-10,12,18,20H,11H2,1-2H3,(H,19,21). The van der Waals surface area contributed by atoms with Crippen molar-refractivity contribution in [3.05, 3.63) is 59.7 Å². The van der Waals surface area contributed by atoms with Crippen LogP contribution in [0, 0.1) is 0 Å². The lowest BCUT2D eigenvalue weighted by Gasteiger charge is -2.15. The van der Waals surface area contributed by atoms with Gasteiger partial charge in [-0.1, -0.05) is 30.3 Å². The van der Waals surface area contributed by atoms with Crippen LogP contribution in [0.3, 0.4) is 0 Å². The van der Waals surface area contributed by atoms with Crippen LogP contribution < -0.4 is 10.6 Å². The molecule has 0 saturated heterocycles. The number of nitrogens with one attached hydrogen (secondary N) is 2. The van der Waals surface area contributed by atoms with Crippen LogP contribution in [0.4, 0.5) is 11.4 Å². The van der Waals surface area contributed by atoms with Gasteiger partial charge in [-0.05, 0) is 32.0 Å². The molecule has 0 aliphatic carbocycles. The maximum absolute atomic E-state index is 12.5. The summed E-state index contributed by atoms with van der Waals surface area (Å²) in [5.41, 5.74) is 2.70. The topological polar surface area (TPSA) is 61.4 Å². The van der Waals surface area contributed by atoms with Crippen molar-refractivity contribution in [2.45, 2.75) is 26.5 Å². The first-order chi connectivity index (χ1) is 10.1. The molecular weight excluding hydrogens is 264 g/mol. The zero-order chi connectivity index (χ0) is 15.2. The van der Waals surface area contributed by atoms with E-state index in [1.165, 1.54) is 0 Å². The van der Waals surface area contributed by atoms with Gasteiger partial charge in [-0.2, -0.15) is 0 Å². The molecule has 2 aromatic carbocycles. The SMILES string of the molecule is CC(C)Nc1ccccc1C(=O)Nc1ccccc1CO. The maximum Gasteiger partial charge on any atom is 0.257 e. The van der Waals surface area contributed by atoms with Crippen LogP contribution in [0.2, 0.25) is 0 Å². The fourth-order valence-corrected chi connectivity index (χ4v) is 2.09. The molecule has 0 spiro atoms. The average molecular weight is 284 g/mol. The fraction of sp³-hybridized carbons (Fsp3) is 0.235. The molecule has 0 radical (unpaired) electrons. The van der Waals surface area contributed by atoms with Gasteiger partial charge < -0.3 is 15.7 Å². The van der Waals surface area contributed by atoms with Crippen molar-refractivity contribution in [2.24, 2.45) is 0 Å². The van der Waals surface area contributed by atoms with Gasteiger partial charge in [-0.25, -0.2) is 0 Å². The highest BCUT2D eigenvalue weighted by Crippen LogP contribution is 2.20. The highest BCUT2D eigenvalue weighted by Gasteiger charge is 2.13. The van der Waals surface area contributed by atoms with E-state index in [0.29, 0.717) is 16.8 Å². The number of hydrogen-bond acceptors (Lipinski definition) is 3. The first-order valence-corrected chi connectivity index (χ1v) is 6.97. The second kappa shape index (κ2) is 6.90. The molecule has 1 amide bonds. The highest BCUT2D eigenvalue weighted by atomic mass is 16.3. The number of rotatable bonds is 5. The summed E-state index contributed by atoms with van der Waals surface area (Å²) in [6.45, 7) is 3.94. The Hall–Kier alpha value is -2.33. The van der Waals surface area contributed by atoms with Crippen LogP contribution in [0.1, 0.15) is 29.8 Å². The van der Waals surface area contributed by atoms with Gasteiger partial charge in [0.25, 0.3) is 5.91 Å². The Balaban J connectivity index is 2.24.